The number of halogens is 4. The third-order valence-corrected chi connectivity index (χ3v) is 4.26. The first-order chi connectivity index (χ1) is 10.8. The summed E-state index contributed by atoms with van der Waals surface area (Å²) in [5.74, 6) is -0.498. The van der Waals surface area contributed by atoms with Crippen molar-refractivity contribution < 1.29 is 18.0 Å². The molecule has 118 valence electrons. The molecule has 8 heteroatoms. The second kappa shape index (κ2) is 5.82. The predicted molar refractivity (Wildman–Crippen MR) is 84.0 cm³/mol. The Kier molecular flexibility index (Phi) is 3.99. The molecule has 3 aromatic rings. The molecule has 1 N–H and O–H groups in total. The lowest BCUT2D eigenvalue weighted by molar-refractivity contribution is -0.137. The molecule has 0 aliphatic rings. The number of nitrogens with zero attached hydrogens (tertiary/aromatic N) is 1. The fourth-order valence-electron chi connectivity index (χ4n) is 1.95. The van der Waals surface area contributed by atoms with Crippen LogP contribution in [0.15, 0.2) is 42.5 Å². The number of carbonyl (C=O) groups excluding carboxylic acids is 1. The number of amides is 1. The highest BCUT2D eigenvalue weighted by molar-refractivity contribution is 7.20. The Morgan fingerprint density at radius 2 is 1.96 bits per heavy atom. The number of fused-ring (bicyclic) bond motifs is 1. The number of hydrogen-bond donors (Lipinski definition) is 1. The van der Waals surface area contributed by atoms with Crippen LogP contribution in [0, 0.1) is 0 Å². The summed E-state index contributed by atoms with van der Waals surface area (Å²) < 4.78 is 38.6. The summed E-state index contributed by atoms with van der Waals surface area (Å²) in [7, 11) is 0. The molecular weight excluding hydrogens is 349 g/mol. The molecule has 0 bridgehead atoms. The largest absolute Gasteiger partial charge is 0.416 e. The Balaban J connectivity index is 1.89. The maximum Gasteiger partial charge on any atom is 0.416 e. The van der Waals surface area contributed by atoms with Crippen molar-refractivity contribution >= 4 is 44.7 Å². The van der Waals surface area contributed by atoms with Crippen LogP contribution in [0.1, 0.15) is 15.4 Å². The summed E-state index contributed by atoms with van der Waals surface area (Å²) in [5.41, 5.74) is -0.170. The van der Waals surface area contributed by atoms with Gasteiger partial charge in [0.15, 0.2) is 5.01 Å². The molecule has 0 radical (unpaired) electrons. The Labute approximate surface area is 137 Å². The molecule has 1 amide bonds. The highest BCUT2D eigenvalue weighted by atomic mass is 35.5. The van der Waals surface area contributed by atoms with Gasteiger partial charge >= 0.3 is 6.18 Å². The number of carbonyl (C=O) groups is 1. The highest BCUT2D eigenvalue weighted by Crippen LogP contribution is 2.33. The molecule has 0 fully saturated rings. The van der Waals surface area contributed by atoms with E-state index in [0.717, 1.165) is 23.5 Å². The van der Waals surface area contributed by atoms with Crippen molar-refractivity contribution in [3.8, 4) is 0 Å². The lowest BCUT2D eigenvalue weighted by Gasteiger charge is -2.04. The number of aromatic nitrogens is 1. The molecular formula is C15H8ClF3N2OS. The van der Waals surface area contributed by atoms with Gasteiger partial charge in [-0.1, -0.05) is 17.7 Å². The Hall–Kier alpha value is -2.12. The van der Waals surface area contributed by atoms with Gasteiger partial charge in [0.25, 0.3) is 5.91 Å². The molecule has 0 saturated heterocycles. The van der Waals surface area contributed by atoms with Crippen molar-refractivity contribution in [1.82, 2.24) is 4.98 Å². The number of thiazole rings is 1. The van der Waals surface area contributed by atoms with Crippen molar-refractivity contribution in [3.05, 3.63) is 58.1 Å². The molecule has 0 aliphatic heterocycles. The average molecular weight is 357 g/mol. The van der Waals surface area contributed by atoms with Gasteiger partial charge in [0.05, 0.1) is 15.8 Å². The number of anilines is 1. The Morgan fingerprint density at radius 1 is 1.17 bits per heavy atom. The highest BCUT2D eigenvalue weighted by Gasteiger charge is 2.31. The minimum Gasteiger partial charge on any atom is -0.320 e. The van der Waals surface area contributed by atoms with E-state index in [1.54, 1.807) is 24.3 Å². The van der Waals surface area contributed by atoms with E-state index in [9.17, 15) is 18.0 Å². The van der Waals surface area contributed by atoms with Gasteiger partial charge in [0.2, 0.25) is 0 Å². The first kappa shape index (κ1) is 15.8. The first-order valence-electron chi connectivity index (χ1n) is 6.37. The summed E-state index contributed by atoms with van der Waals surface area (Å²) in [6.07, 6.45) is -4.44. The predicted octanol–water partition coefficient (Wildman–Crippen LogP) is 5.22. The maximum atomic E-state index is 12.7. The summed E-state index contributed by atoms with van der Waals surface area (Å²) in [6.45, 7) is 0. The summed E-state index contributed by atoms with van der Waals surface area (Å²) in [6, 6.07) is 9.76. The normalized spacial score (nSPS) is 11.7. The van der Waals surface area contributed by atoms with Crippen LogP contribution >= 0.6 is 22.9 Å². The average Bonchev–Trinajstić information content (AvgIpc) is 2.89. The van der Waals surface area contributed by atoms with E-state index >= 15 is 0 Å². The van der Waals surface area contributed by atoms with Gasteiger partial charge < -0.3 is 5.32 Å². The topological polar surface area (TPSA) is 42.0 Å². The fourth-order valence-corrected chi connectivity index (χ4v) is 2.98. The summed E-state index contributed by atoms with van der Waals surface area (Å²) in [4.78, 5) is 16.1. The van der Waals surface area contributed by atoms with Crippen molar-refractivity contribution in [3.63, 3.8) is 0 Å². The zero-order valence-electron chi connectivity index (χ0n) is 11.3. The minimum atomic E-state index is -4.44. The van der Waals surface area contributed by atoms with Gasteiger partial charge in [-0.3, -0.25) is 4.79 Å². The zero-order valence-corrected chi connectivity index (χ0v) is 12.9. The van der Waals surface area contributed by atoms with Crippen LogP contribution < -0.4 is 5.32 Å². The van der Waals surface area contributed by atoms with Gasteiger partial charge in [-0.2, -0.15) is 13.2 Å². The maximum absolute atomic E-state index is 12.7. The zero-order chi connectivity index (χ0) is 16.6. The van der Waals surface area contributed by atoms with Gasteiger partial charge in [-0.05, 0) is 36.4 Å². The lowest BCUT2D eigenvalue weighted by Crippen LogP contribution is -2.11. The Bertz CT molecular complexity index is 892. The fraction of sp³-hybridized carbons (Fsp3) is 0.0667. The molecule has 3 rings (SSSR count). The third kappa shape index (κ3) is 3.46. The van der Waals surface area contributed by atoms with E-state index in [-0.39, 0.29) is 10.5 Å². The number of nitrogens with one attached hydrogen (secondary N) is 1. The number of rotatable bonds is 2. The molecule has 0 atom stereocenters. The van der Waals surface area contributed by atoms with E-state index in [1.807, 2.05) is 0 Å². The van der Waals surface area contributed by atoms with Crippen LogP contribution in [-0.4, -0.2) is 10.9 Å². The number of alkyl halides is 3. The third-order valence-electron chi connectivity index (χ3n) is 2.99. The monoisotopic (exact) mass is 356 g/mol. The van der Waals surface area contributed by atoms with Gasteiger partial charge in [0.1, 0.15) is 0 Å². The first-order valence-corrected chi connectivity index (χ1v) is 7.57. The van der Waals surface area contributed by atoms with E-state index < -0.39 is 17.6 Å². The van der Waals surface area contributed by atoms with E-state index in [0.29, 0.717) is 15.4 Å². The molecule has 0 spiro atoms. The van der Waals surface area contributed by atoms with Crippen LogP contribution in [0.4, 0.5) is 18.9 Å². The quantitative estimate of drug-likeness (QED) is 0.684. The molecule has 0 aliphatic carbocycles. The van der Waals surface area contributed by atoms with E-state index in [4.69, 9.17) is 11.6 Å². The molecule has 0 saturated carbocycles. The lowest BCUT2D eigenvalue weighted by atomic mass is 10.2. The summed E-state index contributed by atoms with van der Waals surface area (Å²) >= 11 is 6.85. The minimum absolute atomic E-state index is 0.0827. The summed E-state index contributed by atoms with van der Waals surface area (Å²) in [5, 5.41) is 3.15. The van der Waals surface area contributed by atoms with Gasteiger partial charge in [-0.25, -0.2) is 4.98 Å². The van der Waals surface area contributed by atoms with Crippen molar-refractivity contribution in [1.29, 1.82) is 0 Å². The van der Waals surface area contributed by atoms with Crippen molar-refractivity contribution in [2.45, 2.75) is 6.18 Å². The van der Waals surface area contributed by atoms with Crippen LogP contribution in [0.3, 0.4) is 0 Å². The number of benzene rings is 2. The van der Waals surface area contributed by atoms with Crippen LogP contribution in [0.5, 0.6) is 0 Å². The van der Waals surface area contributed by atoms with E-state index in [1.165, 1.54) is 6.07 Å². The van der Waals surface area contributed by atoms with E-state index in [2.05, 4.69) is 10.3 Å². The molecule has 0 unspecified atom stereocenters. The molecule has 1 aromatic heterocycles. The Morgan fingerprint density at radius 3 is 2.65 bits per heavy atom. The van der Waals surface area contributed by atoms with Crippen molar-refractivity contribution in [2.24, 2.45) is 0 Å². The van der Waals surface area contributed by atoms with Gasteiger partial charge in [-0.15, -0.1) is 11.3 Å². The second-order valence-electron chi connectivity index (χ2n) is 4.66. The SMILES string of the molecule is O=C(Nc1cccc(Cl)c1)c1nc2cc(C(F)(F)F)ccc2s1. The van der Waals surface area contributed by atoms with Gasteiger partial charge in [0, 0.05) is 10.7 Å². The molecule has 1 heterocycles. The molecule has 2 aromatic carbocycles. The standard InChI is InChI=1S/C15H8ClF3N2OS/c16-9-2-1-3-10(7-9)20-13(22)14-21-11-6-8(15(17,18)19)4-5-12(11)23-14/h1-7H,(H,20,22). The van der Waals surface area contributed by atoms with Crippen LogP contribution in [0.2, 0.25) is 5.02 Å². The van der Waals surface area contributed by atoms with Crippen molar-refractivity contribution in [2.75, 3.05) is 5.32 Å². The molecule has 3 nitrogen and oxygen atoms in total. The number of hydrogen-bond acceptors (Lipinski definition) is 3. The van der Waals surface area contributed by atoms with Crippen LogP contribution in [0.25, 0.3) is 10.2 Å². The van der Waals surface area contributed by atoms with Crippen LogP contribution in [-0.2, 0) is 6.18 Å². The second-order valence-corrected chi connectivity index (χ2v) is 6.13. The molecule has 23 heavy (non-hydrogen) atoms. The smallest absolute Gasteiger partial charge is 0.320 e.